The second-order valence-electron chi connectivity index (χ2n) is 7.43. The summed E-state index contributed by atoms with van der Waals surface area (Å²) in [5, 5.41) is 12.5. The van der Waals surface area contributed by atoms with Gasteiger partial charge < -0.3 is 15.2 Å². The molecule has 0 aliphatic carbocycles. The lowest BCUT2D eigenvalue weighted by atomic mass is 9.68. The number of carbonyl (C=O) groups is 2. The fourth-order valence-electron chi connectivity index (χ4n) is 3.06. The summed E-state index contributed by atoms with van der Waals surface area (Å²) >= 11 is 0. The molecule has 1 amide bonds. The van der Waals surface area contributed by atoms with E-state index in [1.54, 1.807) is 20.8 Å². The van der Waals surface area contributed by atoms with Crippen LogP contribution in [0.5, 0.6) is 0 Å². The molecule has 0 bridgehead atoms. The normalized spacial score (nSPS) is 14.8. The van der Waals surface area contributed by atoms with Gasteiger partial charge in [-0.2, -0.15) is 0 Å². The first-order valence-electron chi connectivity index (χ1n) is 8.18. The maximum atomic E-state index is 12.0. The summed E-state index contributed by atoms with van der Waals surface area (Å²) in [4.78, 5) is 23.9. The first-order valence-corrected chi connectivity index (χ1v) is 8.18. The molecule has 0 spiro atoms. The van der Waals surface area contributed by atoms with Crippen LogP contribution in [0.4, 0.5) is 4.79 Å². The molecule has 0 saturated carbocycles. The van der Waals surface area contributed by atoms with Gasteiger partial charge in [0.1, 0.15) is 5.60 Å². The van der Waals surface area contributed by atoms with Gasteiger partial charge in [0, 0.05) is 6.54 Å². The van der Waals surface area contributed by atoms with Crippen LogP contribution in [0, 0.1) is 17.3 Å². The topological polar surface area (TPSA) is 75.6 Å². The average Bonchev–Trinajstić information content (AvgIpc) is 2.34. The van der Waals surface area contributed by atoms with E-state index in [2.05, 4.69) is 5.32 Å². The number of aliphatic carboxylic acids is 1. The molecule has 1 atom stereocenters. The minimum Gasteiger partial charge on any atom is -0.481 e. The number of carbonyl (C=O) groups excluding carboxylic acids is 1. The van der Waals surface area contributed by atoms with Gasteiger partial charge in [0.25, 0.3) is 0 Å². The number of carboxylic acids is 1. The monoisotopic (exact) mass is 315 g/mol. The molecule has 0 aromatic rings. The third-order valence-corrected chi connectivity index (χ3v) is 3.91. The Morgan fingerprint density at radius 1 is 1.14 bits per heavy atom. The van der Waals surface area contributed by atoms with E-state index in [1.807, 2.05) is 27.7 Å². The van der Waals surface area contributed by atoms with Crippen LogP contribution in [0.3, 0.4) is 0 Å². The van der Waals surface area contributed by atoms with E-state index in [4.69, 9.17) is 4.74 Å². The zero-order chi connectivity index (χ0) is 17.6. The van der Waals surface area contributed by atoms with Crippen molar-refractivity contribution in [3.8, 4) is 0 Å². The Kier molecular flexibility index (Phi) is 7.91. The molecule has 0 radical (unpaired) electrons. The van der Waals surface area contributed by atoms with Gasteiger partial charge in [-0.3, -0.25) is 4.79 Å². The Labute approximate surface area is 134 Å². The molecule has 22 heavy (non-hydrogen) atoms. The second kappa shape index (κ2) is 8.39. The molecule has 0 saturated heterocycles. The van der Waals surface area contributed by atoms with E-state index in [1.165, 1.54) is 0 Å². The highest BCUT2D eigenvalue weighted by molar-refractivity contribution is 5.77. The SMILES string of the molecule is CCC(CC)C(CNC(=O)OC(C)(C)C)(CC(C)C)C(=O)O. The predicted molar refractivity (Wildman–Crippen MR) is 87.8 cm³/mol. The average molecular weight is 315 g/mol. The van der Waals surface area contributed by atoms with Crippen LogP contribution >= 0.6 is 0 Å². The molecule has 0 aromatic heterocycles. The second-order valence-corrected chi connectivity index (χ2v) is 7.43. The number of carboxylic acid groups (broad SMARTS) is 1. The van der Waals surface area contributed by atoms with Crippen molar-refractivity contribution < 1.29 is 19.4 Å². The largest absolute Gasteiger partial charge is 0.481 e. The van der Waals surface area contributed by atoms with Crippen molar-refractivity contribution in [2.24, 2.45) is 17.3 Å². The van der Waals surface area contributed by atoms with Gasteiger partial charge >= 0.3 is 12.1 Å². The van der Waals surface area contributed by atoms with Crippen molar-refractivity contribution in [2.75, 3.05) is 6.54 Å². The summed E-state index contributed by atoms with van der Waals surface area (Å²) in [7, 11) is 0. The number of rotatable bonds is 8. The zero-order valence-corrected chi connectivity index (χ0v) is 15.2. The summed E-state index contributed by atoms with van der Waals surface area (Å²) in [5.41, 5.74) is -1.54. The molecule has 0 fully saturated rings. The quantitative estimate of drug-likeness (QED) is 0.708. The zero-order valence-electron chi connectivity index (χ0n) is 15.2. The molecular weight excluding hydrogens is 282 g/mol. The summed E-state index contributed by atoms with van der Waals surface area (Å²) in [6, 6.07) is 0. The molecule has 2 N–H and O–H groups in total. The van der Waals surface area contributed by atoms with Crippen molar-refractivity contribution >= 4 is 12.1 Å². The molecule has 0 heterocycles. The number of amides is 1. The molecule has 0 aliphatic heterocycles. The molecule has 1 unspecified atom stereocenters. The van der Waals surface area contributed by atoms with Crippen molar-refractivity contribution in [3.05, 3.63) is 0 Å². The Morgan fingerprint density at radius 2 is 1.64 bits per heavy atom. The number of alkyl carbamates (subject to hydrolysis) is 1. The number of ether oxygens (including phenoxy) is 1. The smallest absolute Gasteiger partial charge is 0.407 e. The maximum absolute atomic E-state index is 12.0. The number of hydrogen-bond acceptors (Lipinski definition) is 3. The highest BCUT2D eigenvalue weighted by atomic mass is 16.6. The lowest BCUT2D eigenvalue weighted by molar-refractivity contribution is -0.154. The van der Waals surface area contributed by atoms with Crippen LogP contribution in [0.25, 0.3) is 0 Å². The van der Waals surface area contributed by atoms with E-state index in [0.29, 0.717) is 6.42 Å². The van der Waals surface area contributed by atoms with Crippen molar-refractivity contribution in [2.45, 2.75) is 73.3 Å². The fraction of sp³-hybridized carbons (Fsp3) is 0.882. The van der Waals surface area contributed by atoms with Crippen molar-refractivity contribution in [1.29, 1.82) is 0 Å². The van der Waals surface area contributed by atoms with Gasteiger partial charge in [-0.25, -0.2) is 4.79 Å². The minimum atomic E-state index is -0.950. The standard InChI is InChI=1S/C17H33NO4/c1-8-13(9-2)17(14(19)20,10-12(3)4)11-18-15(21)22-16(5,6)7/h12-13H,8-11H2,1-7H3,(H,18,21)(H,19,20). The van der Waals surface area contributed by atoms with Crippen molar-refractivity contribution in [1.82, 2.24) is 5.32 Å². The molecule has 5 nitrogen and oxygen atoms in total. The highest BCUT2D eigenvalue weighted by Crippen LogP contribution is 2.39. The molecule has 5 heteroatoms. The van der Waals surface area contributed by atoms with E-state index in [0.717, 1.165) is 12.8 Å². The van der Waals surface area contributed by atoms with Crippen LogP contribution in [0.1, 0.15) is 67.7 Å². The molecule has 0 rings (SSSR count). The molecule has 0 aliphatic rings. The van der Waals surface area contributed by atoms with Gasteiger partial charge in [0.2, 0.25) is 0 Å². The lowest BCUT2D eigenvalue weighted by Crippen LogP contribution is -2.49. The summed E-state index contributed by atoms with van der Waals surface area (Å²) in [6.45, 7) is 13.5. The van der Waals surface area contributed by atoms with Crippen LogP contribution in [0.15, 0.2) is 0 Å². The van der Waals surface area contributed by atoms with Gasteiger partial charge in [0.05, 0.1) is 5.41 Å². The van der Waals surface area contributed by atoms with Crippen LogP contribution in [-0.2, 0) is 9.53 Å². The van der Waals surface area contributed by atoms with Gasteiger partial charge in [-0.1, -0.05) is 40.5 Å². The highest BCUT2D eigenvalue weighted by Gasteiger charge is 2.45. The third kappa shape index (κ3) is 6.24. The maximum Gasteiger partial charge on any atom is 0.407 e. The van der Waals surface area contributed by atoms with E-state index in [-0.39, 0.29) is 18.4 Å². The van der Waals surface area contributed by atoms with Gasteiger partial charge in [-0.15, -0.1) is 0 Å². The Balaban J connectivity index is 5.22. The third-order valence-electron chi connectivity index (χ3n) is 3.91. The molecule has 0 aromatic carbocycles. The summed E-state index contributed by atoms with van der Waals surface area (Å²) < 4.78 is 5.22. The summed E-state index contributed by atoms with van der Waals surface area (Å²) in [6.07, 6.45) is 1.51. The first kappa shape index (κ1) is 20.7. The number of hydrogen-bond donors (Lipinski definition) is 2. The Morgan fingerprint density at radius 3 is 1.95 bits per heavy atom. The molecule has 130 valence electrons. The minimum absolute atomic E-state index is 0.0161. The summed E-state index contributed by atoms with van der Waals surface area (Å²) in [5.74, 6) is -0.592. The van der Waals surface area contributed by atoms with E-state index >= 15 is 0 Å². The van der Waals surface area contributed by atoms with E-state index in [9.17, 15) is 14.7 Å². The van der Waals surface area contributed by atoms with Crippen LogP contribution in [-0.4, -0.2) is 29.3 Å². The first-order chi connectivity index (χ1) is 9.98. The van der Waals surface area contributed by atoms with Gasteiger partial charge in [-0.05, 0) is 39.0 Å². The number of nitrogens with one attached hydrogen (secondary N) is 1. The Hall–Kier alpha value is -1.26. The fourth-order valence-corrected chi connectivity index (χ4v) is 3.06. The Bertz CT molecular complexity index is 369. The lowest BCUT2D eigenvalue weighted by Gasteiger charge is -2.38. The predicted octanol–water partition coefficient (Wildman–Crippen LogP) is 4.06. The van der Waals surface area contributed by atoms with Crippen LogP contribution in [0.2, 0.25) is 0 Å². The van der Waals surface area contributed by atoms with E-state index < -0.39 is 23.1 Å². The molecular formula is C17H33NO4. The van der Waals surface area contributed by atoms with Crippen molar-refractivity contribution in [3.63, 3.8) is 0 Å². The van der Waals surface area contributed by atoms with Gasteiger partial charge in [0.15, 0.2) is 0 Å². The van der Waals surface area contributed by atoms with Crippen LogP contribution < -0.4 is 5.32 Å².